The Morgan fingerprint density at radius 2 is 1.85 bits per heavy atom. The largest absolute Gasteiger partial charge is 0.494 e. The quantitative estimate of drug-likeness (QED) is 0.892. The third-order valence-corrected chi connectivity index (χ3v) is 3.94. The average Bonchev–Trinajstić information content (AvgIpc) is 2.34. The Kier molecular flexibility index (Phi) is 3.14. The molecule has 1 aliphatic carbocycles. The lowest BCUT2D eigenvalue weighted by molar-refractivity contribution is 0.267. The minimum Gasteiger partial charge on any atom is -0.494 e. The number of hydrogen-bond donors (Lipinski definition) is 2. The van der Waals surface area contributed by atoms with Gasteiger partial charge in [-0.15, -0.1) is 0 Å². The van der Waals surface area contributed by atoms with Gasteiger partial charge in [0.15, 0.2) is 0 Å². The highest BCUT2D eigenvalue weighted by atomic mass is 35.5. The van der Waals surface area contributed by atoms with E-state index in [9.17, 15) is 14.7 Å². The van der Waals surface area contributed by atoms with E-state index in [0.29, 0.717) is 10.6 Å². The monoisotopic (exact) mass is 292 g/mol. The second-order valence-corrected chi connectivity index (χ2v) is 5.36. The minimum absolute atomic E-state index is 0.0367. The van der Waals surface area contributed by atoms with Crippen LogP contribution in [0.2, 0.25) is 5.02 Å². The summed E-state index contributed by atoms with van der Waals surface area (Å²) in [6.07, 6.45) is 2.69. The lowest BCUT2D eigenvalue weighted by Crippen LogP contribution is -2.35. The number of H-pyrrole nitrogens is 1. The smallest absolute Gasteiger partial charge is 0.331 e. The molecule has 1 aromatic carbocycles. The van der Waals surface area contributed by atoms with Gasteiger partial charge in [-0.05, 0) is 37.0 Å². The van der Waals surface area contributed by atoms with Gasteiger partial charge in [0.2, 0.25) is 5.88 Å². The van der Waals surface area contributed by atoms with Gasteiger partial charge < -0.3 is 5.11 Å². The fourth-order valence-corrected chi connectivity index (χ4v) is 2.52. The van der Waals surface area contributed by atoms with Gasteiger partial charge in [0.05, 0.1) is 0 Å². The summed E-state index contributed by atoms with van der Waals surface area (Å²) in [6, 6.07) is 6.51. The molecular weight excluding hydrogens is 280 g/mol. The van der Waals surface area contributed by atoms with Crippen LogP contribution in [0.4, 0.5) is 0 Å². The first-order chi connectivity index (χ1) is 9.58. The summed E-state index contributed by atoms with van der Waals surface area (Å²) in [6.45, 7) is 0. The van der Waals surface area contributed by atoms with Crippen LogP contribution < -0.4 is 11.2 Å². The maximum absolute atomic E-state index is 12.0. The third kappa shape index (κ3) is 2.04. The highest BCUT2D eigenvalue weighted by Crippen LogP contribution is 2.35. The lowest BCUT2D eigenvalue weighted by Gasteiger charge is -2.28. The SMILES string of the molecule is O=c1[nH]c(=O)n(C2CCC2)c(O)c1-c1ccc(Cl)cc1. The highest BCUT2D eigenvalue weighted by Gasteiger charge is 2.26. The summed E-state index contributed by atoms with van der Waals surface area (Å²) in [5, 5.41) is 10.9. The summed E-state index contributed by atoms with van der Waals surface area (Å²) in [5.74, 6) is -0.272. The Labute approximate surface area is 119 Å². The standard InChI is InChI=1S/C14H13ClN2O3/c15-9-6-4-8(5-7-9)11-12(18)16-14(20)17(13(11)19)10-2-1-3-10/h4-7,10,19H,1-3H2,(H,16,18,20). The first kappa shape index (κ1) is 13.0. The van der Waals surface area contributed by atoms with Crippen molar-refractivity contribution in [3.63, 3.8) is 0 Å². The number of nitrogens with zero attached hydrogens (tertiary/aromatic N) is 1. The van der Waals surface area contributed by atoms with E-state index in [1.54, 1.807) is 24.3 Å². The number of nitrogens with one attached hydrogen (secondary N) is 1. The van der Waals surface area contributed by atoms with Gasteiger partial charge in [0, 0.05) is 11.1 Å². The highest BCUT2D eigenvalue weighted by molar-refractivity contribution is 6.30. The van der Waals surface area contributed by atoms with Gasteiger partial charge in [-0.1, -0.05) is 23.7 Å². The summed E-state index contributed by atoms with van der Waals surface area (Å²) in [7, 11) is 0. The maximum Gasteiger partial charge on any atom is 0.331 e. The Morgan fingerprint density at radius 1 is 1.20 bits per heavy atom. The van der Waals surface area contributed by atoms with Crippen molar-refractivity contribution in [2.24, 2.45) is 0 Å². The van der Waals surface area contributed by atoms with Crippen LogP contribution in [0.5, 0.6) is 5.88 Å². The van der Waals surface area contributed by atoms with Gasteiger partial charge >= 0.3 is 5.69 Å². The number of aromatic hydroxyl groups is 1. The van der Waals surface area contributed by atoms with Crippen LogP contribution in [-0.2, 0) is 0 Å². The number of aromatic amines is 1. The van der Waals surface area contributed by atoms with Crippen molar-refractivity contribution in [2.75, 3.05) is 0 Å². The number of benzene rings is 1. The first-order valence-electron chi connectivity index (χ1n) is 6.41. The summed E-state index contributed by atoms with van der Waals surface area (Å²) >= 11 is 5.81. The molecule has 6 heteroatoms. The van der Waals surface area contributed by atoms with E-state index in [1.807, 2.05) is 0 Å². The molecule has 5 nitrogen and oxygen atoms in total. The molecule has 1 aliphatic rings. The molecule has 0 unspecified atom stereocenters. The van der Waals surface area contributed by atoms with Crippen molar-refractivity contribution in [3.8, 4) is 17.0 Å². The molecule has 0 radical (unpaired) electrons. The summed E-state index contributed by atoms with van der Waals surface area (Å²) in [5.41, 5.74) is -0.519. The fraction of sp³-hybridized carbons (Fsp3) is 0.286. The normalized spacial score (nSPS) is 15.1. The molecule has 0 aliphatic heterocycles. The average molecular weight is 293 g/mol. The van der Waals surface area contributed by atoms with Crippen molar-refractivity contribution < 1.29 is 5.11 Å². The summed E-state index contributed by atoms with van der Waals surface area (Å²) < 4.78 is 1.27. The maximum atomic E-state index is 12.0. The third-order valence-electron chi connectivity index (χ3n) is 3.69. The molecule has 0 atom stereocenters. The van der Waals surface area contributed by atoms with Crippen molar-refractivity contribution >= 4 is 11.6 Å². The topological polar surface area (TPSA) is 75.1 Å². The molecule has 3 rings (SSSR count). The van der Waals surface area contributed by atoms with Gasteiger partial charge in [-0.2, -0.15) is 0 Å². The van der Waals surface area contributed by atoms with Gasteiger partial charge in [0.1, 0.15) is 5.56 Å². The minimum atomic E-state index is -0.592. The van der Waals surface area contributed by atoms with Crippen LogP contribution in [0.1, 0.15) is 25.3 Å². The van der Waals surface area contributed by atoms with Gasteiger partial charge in [-0.3, -0.25) is 14.3 Å². The van der Waals surface area contributed by atoms with Gasteiger partial charge in [0.25, 0.3) is 5.56 Å². The molecular formula is C14H13ClN2O3. The van der Waals surface area contributed by atoms with E-state index in [0.717, 1.165) is 19.3 Å². The lowest BCUT2D eigenvalue weighted by atomic mass is 9.92. The van der Waals surface area contributed by atoms with E-state index in [-0.39, 0.29) is 17.5 Å². The van der Waals surface area contributed by atoms with Crippen LogP contribution in [0.25, 0.3) is 11.1 Å². The second-order valence-electron chi connectivity index (χ2n) is 4.92. The Morgan fingerprint density at radius 3 is 2.40 bits per heavy atom. The van der Waals surface area contributed by atoms with E-state index in [2.05, 4.69) is 4.98 Å². The van der Waals surface area contributed by atoms with Crippen LogP contribution in [0, 0.1) is 0 Å². The molecule has 104 valence electrons. The van der Waals surface area contributed by atoms with Crippen molar-refractivity contribution in [2.45, 2.75) is 25.3 Å². The predicted octanol–water partition coefficient (Wildman–Crippen LogP) is 2.29. The molecule has 0 spiro atoms. The Balaban J connectivity index is 2.22. The Bertz CT molecular complexity index is 757. The predicted molar refractivity (Wildman–Crippen MR) is 76.3 cm³/mol. The first-order valence-corrected chi connectivity index (χ1v) is 6.79. The molecule has 2 N–H and O–H groups in total. The molecule has 2 aromatic rings. The molecule has 0 saturated heterocycles. The number of aromatic nitrogens is 2. The van der Waals surface area contributed by atoms with Crippen LogP contribution in [-0.4, -0.2) is 14.7 Å². The molecule has 0 amide bonds. The summed E-state index contributed by atoms with van der Waals surface area (Å²) in [4.78, 5) is 26.1. The van der Waals surface area contributed by atoms with Crippen molar-refractivity contribution in [1.82, 2.24) is 9.55 Å². The van der Waals surface area contributed by atoms with Gasteiger partial charge in [-0.25, -0.2) is 4.79 Å². The molecule has 1 fully saturated rings. The molecule has 0 bridgehead atoms. The zero-order chi connectivity index (χ0) is 14.3. The number of halogens is 1. The number of rotatable bonds is 2. The molecule has 20 heavy (non-hydrogen) atoms. The van der Waals surface area contributed by atoms with Crippen LogP contribution in [0.15, 0.2) is 33.9 Å². The zero-order valence-electron chi connectivity index (χ0n) is 10.6. The van der Waals surface area contributed by atoms with Crippen molar-refractivity contribution in [3.05, 3.63) is 50.1 Å². The number of hydrogen-bond acceptors (Lipinski definition) is 3. The zero-order valence-corrected chi connectivity index (χ0v) is 11.4. The van der Waals surface area contributed by atoms with E-state index in [4.69, 9.17) is 11.6 Å². The van der Waals surface area contributed by atoms with Crippen molar-refractivity contribution in [1.29, 1.82) is 0 Å². The fourth-order valence-electron chi connectivity index (χ4n) is 2.40. The molecule has 1 saturated carbocycles. The van der Waals surface area contributed by atoms with E-state index in [1.165, 1.54) is 4.57 Å². The Hall–Kier alpha value is -2.01. The second kappa shape index (κ2) is 4.83. The molecule has 1 aromatic heterocycles. The van der Waals surface area contributed by atoms with E-state index >= 15 is 0 Å². The van der Waals surface area contributed by atoms with Crippen LogP contribution >= 0.6 is 11.6 Å². The molecule has 1 heterocycles. The van der Waals surface area contributed by atoms with Crippen LogP contribution in [0.3, 0.4) is 0 Å². The van der Waals surface area contributed by atoms with E-state index < -0.39 is 11.2 Å².